The summed E-state index contributed by atoms with van der Waals surface area (Å²) in [5.74, 6) is 0.404. The van der Waals surface area contributed by atoms with E-state index in [4.69, 9.17) is 9.84 Å². The van der Waals surface area contributed by atoms with Crippen molar-refractivity contribution in [1.29, 1.82) is 0 Å². The third kappa shape index (κ3) is 4.44. The number of nitrogens with zero attached hydrogens (tertiary/aromatic N) is 1. The number of benzene rings is 1. The second-order valence-corrected chi connectivity index (χ2v) is 5.38. The van der Waals surface area contributed by atoms with E-state index in [1.54, 1.807) is 4.90 Å². The first-order valence-corrected chi connectivity index (χ1v) is 7.54. The average Bonchev–Trinajstić information content (AvgIpc) is 2.45. The Hall–Kier alpha value is -1.59. The SMILES string of the molecule is CCNC(CCO)C1CN(C(=O)OCc2ccccc2)C1. The molecule has 1 aliphatic rings. The lowest BCUT2D eigenvalue weighted by atomic mass is 9.90. The first-order chi connectivity index (χ1) is 10.2. The Morgan fingerprint density at radius 3 is 2.76 bits per heavy atom. The molecule has 1 amide bonds. The standard InChI is InChI=1S/C16H24N2O3/c1-2-17-15(8-9-19)14-10-18(11-14)16(20)21-12-13-6-4-3-5-7-13/h3-7,14-15,17,19H,2,8-12H2,1H3. The van der Waals surface area contributed by atoms with Crippen LogP contribution in [0.4, 0.5) is 4.79 Å². The molecule has 1 aliphatic heterocycles. The van der Waals surface area contributed by atoms with Crippen molar-refractivity contribution in [2.75, 3.05) is 26.2 Å². The van der Waals surface area contributed by atoms with Gasteiger partial charge in [-0.05, 0) is 18.5 Å². The highest BCUT2D eigenvalue weighted by molar-refractivity contribution is 5.68. The van der Waals surface area contributed by atoms with Crippen LogP contribution in [-0.2, 0) is 11.3 Å². The molecule has 0 radical (unpaired) electrons. The van der Waals surface area contributed by atoms with Gasteiger partial charge in [-0.2, -0.15) is 0 Å². The molecule has 2 rings (SSSR count). The van der Waals surface area contributed by atoms with Gasteiger partial charge in [0.2, 0.25) is 0 Å². The fourth-order valence-corrected chi connectivity index (χ4v) is 2.63. The number of nitrogens with one attached hydrogen (secondary N) is 1. The predicted octanol–water partition coefficient (Wildman–Crippen LogP) is 1.62. The lowest BCUT2D eigenvalue weighted by Gasteiger charge is -2.42. The van der Waals surface area contributed by atoms with Gasteiger partial charge in [0.15, 0.2) is 0 Å². The molecular formula is C16H24N2O3. The molecule has 1 atom stereocenters. The first kappa shape index (κ1) is 15.8. The summed E-state index contributed by atoms with van der Waals surface area (Å²) in [5.41, 5.74) is 0.994. The molecule has 5 nitrogen and oxygen atoms in total. The van der Waals surface area contributed by atoms with Gasteiger partial charge < -0.3 is 20.1 Å². The highest BCUT2D eigenvalue weighted by atomic mass is 16.6. The summed E-state index contributed by atoms with van der Waals surface area (Å²) in [7, 11) is 0. The average molecular weight is 292 g/mol. The number of carbonyl (C=O) groups excluding carboxylic acids is 1. The van der Waals surface area contributed by atoms with Crippen LogP contribution in [0.15, 0.2) is 30.3 Å². The molecule has 1 aromatic rings. The first-order valence-electron chi connectivity index (χ1n) is 7.54. The summed E-state index contributed by atoms with van der Waals surface area (Å²) in [5, 5.41) is 12.4. The zero-order valence-corrected chi connectivity index (χ0v) is 12.5. The van der Waals surface area contributed by atoms with Crippen molar-refractivity contribution in [3.63, 3.8) is 0 Å². The van der Waals surface area contributed by atoms with Crippen LogP contribution >= 0.6 is 0 Å². The van der Waals surface area contributed by atoms with Crippen LogP contribution in [0, 0.1) is 5.92 Å². The Morgan fingerprint density at radius 1 is 1.43 bits per heavy atom. The largest absolute Gasteiger partial charge is 0.445 e. The van der Waals surface area contributed by atoms with Crippen LogP contribution in [0.3, 0.4) is 0 Å². The summed E-state index contributed by atoms with van der Waals surface area (Å²) in [6.07, 6.45) is 0.472. The molecule has 116 valence electrons. The molecule has 0 aliphatic carbocycles. The van der Waals surface area contributed by atoms with E-state index in [0.717, 1.165) is 18.5 Å². The number of ether oxygens (including phenoxy) is 1. The van der Waals surface area contributed by atoms with Crippen LogP contribution in [0.25, 0.3) is 0 Å². The van der Waals surface area contributed by atoms with E-state index in [2.05, 4.69) is 12.2 Å². The Bertz CT molecular complexity index is 426. The maximum absolute atomic E-state index is 11.9. The predicted molar refractivity (Wildman–Crippen MR) is 80.9 cm³/mol. The van der Waals surface area contributed by atoms with Crippen molar-refractivity contribution in [2.24, 2.45) is 5.92 Å². The fraction of sp³-hybridized carbons (Fsp3) is 0.562. The molecule has 0 bridgehead atoms. The number of hydrogen-bond acceptors (Lipinski definition) is 4. The molecule has 1 saturated heterocycles. The zero-order valence-electron chi connectivity index (χ0n) is 12.5. The summed E-state index contributed by atoms with van der Waals surface area (Å²) >= 11 is 0. The van der Waals surface area contributed by atoms with Gasteiger partial charge in [0, 0.05) is 31.7 Å². The van der Waals surface area contributed by atoms with Crippen molar-refractivity contribution in [3.05, 3.63) is 35.9 Å². The molecule has 0 spiro atoms. The number of rotatable bonds is 7. The molecule has 2 N–H and O–H groups in total. The van der Waals surface area contributed by atoms with Gasteiger partial charge >= 0.3 is 6.09 Å². The zero-order chi connectivity index (χ0) is 15.1. The highest BCUT2D eigenvalue weighted by Crippen LogP contribution is 2.22. The molecule has 1 fully saturated rings. The maximum atomic E-state index is 11.9. The van der Waals surface area contributed by atoms with Gasteiger partial charge in [-0.1, -0.05) is 37.3 Å². The summed E-state index contributed by atoms with van der Waals surface area (Å²) in [6.45, 7) is 4.81. The highest BCUT2D eigenvalue weighted by Gasteiger charge is 2.36. The van der Waals surface area contributed by atoms with Gasteiger partial charge in [-0.15, -0.1) is 0 Å². The van der Waals surface area contributed by atoms with Crippen molar-refractivity contribution >= 4 is 6.09 Å². The fourth-order valence-electron chi connectivity index (χ4n) is 2.63. The molecule has 21 heavy (non-hydrogen) atoms. The monoisotopic (exact) mass is 292 g/mol. The molecule has 0 aromatic heterocycles. The number of likely N-dealkylation sites (tertiary alicyclic amines) is 1. The normalized spacial score (nSPS) is 16.4. The van der Waals surface area contributed by atoms with E-state index in [-0.39, 0.29) is 18.7 Å². The minimum atomic E-state index is -0.255. The molecule has 1 aromatic carbocycles. The van der Waals surface area contributed by atoms with Gasteiger partial charge in [0.25, 0.3) is 0 Å². The quantitative estimate of drug-likeness (QED) is 0.801. The Morgan fingerprint density at radius 2 is 2.14 bits per heavy atom. The van der Waals surface area contributed by atoms with E-state index < -0.39 is 0 Å². The van der Waals surface area contributed by atoms with Crippen molar-refractivity contribution in [3.8, 4) is 0 Å². The number of aliphatic hydroxyl groups is 1. The minimum Gasteiger partial charge on any atom is -0.445 e. The summed E-state index contributed by atoms with van der Waals surface area (Å²) in [4.78, 5) is 13.6. The molecule has 1 heterocycles. The number of amides is 1. The number of carbonyl (C=O) groups is 1. The summed E-state index contributed by atoms with van der Waals surface area (Å²) < 4.78 is 5.30. The molecule has 0 saturated carbocycles. The van der Waals surface area contributed by atoms with E-state index in [0.29, 0.717) is 25.6 Å². The van der Waals surface area contributed by atoms with Crippen LogP contribution in [0.5, 0.6) is 0 Å². The second-order valence-electron chi connectivity index (χ2n) is 5.38. The van der Waals surface area contributed by atoms with Crippen molar-refractivity contribution in [2.45, 2.75) is 26.0 Å². The lowest BCUT2D eigenvalue weighted by molar-refractivity contribution is 0.0344. The van der Waals surface area contributed by atoms with Gasteiger partial charge in [0.05, 0.1) is 0 Å². The Kier molecular flexibility index (Phi) is 6.02. The minimum absolute atomic E-state index is 0.173. The van der Waals surface area contributed by atoms with Crippen LogP contribution in [-0.4, -0.2) is 48.4 Å². The number of aliphatic hydroxyl groups excluding tert-OH is 1. The van der Waals surface area contributed by atoms with E-state index >= 15 is 0 Å². The summed E-state index contributed by atoms with van der Waals surface area (Å²) in [6, 6.07) is 9.95. The molecule has 1 unspecified atom stereocenters. The van der Waals surface area contributed by atoms with Crippen molar-refractivity contribution < 1.29 is 14.6 Å². The van der Waals surface area contributed by atoms with E-state index in [1.165, 1.54) is 0 Å². The maximum Gasteiger partial charge on any atom is 0.410 e. The van der Waals surface area contributed by atoms with Crippen LogP contribution in [0.1, 0.15) is 18.9 Å². The lowest BCUT2D eigenvalue weighted by Crippen LogP contribution is -2.57. The van der Waals surface area contributed by atoms with E-state index in [1.807, 2.05) is 30.3 Å². The number of hydrogen-bond donors (Lipinski definition) is 2. The Balaban J connectivity index is 1.72. The van der Waals surface area contributed by atoms with E-state index in [9.17, 15) is 4.79 Å². The van der Waals surface area contributed by atoms with Gasteiger partial charge in [-0.3, -0.25) is 0 Å². The topological polar surface area (TPSA) is 61.8 Å². The van der Waals surface area contributed by atoms with Gasteiger partial charge in [-0.25, -0.2) is 4.79 Å². The van der Waals surface area contributed by atoms with Crippen LogP contribution in [0.2, 0.25) is 0 Å². The molecule has 5 heteroatoms. The second kappa shape index (κ2) is 8.00. The third-order valence-electron chi connectivity index (χ3n) is 3.85. The Labute approximate surface area is 125 Å². The smallest absolute Gasteiger partial charge is 0.410 e. The third-order valence-corrected chi connectivity index (χ3v) is 3.85. The van der Waals surface area contributed by atoms with Crippen molar-refractivity contribution in [1.82, 2.24) is 10.2 Å². The van der Waals surface area contributed by atoms with Crippen LogP contribution < -0.4 is 5.32 Å². The van der Waals surface area contributed by atoms with Gasteiger partial charge in [0.1, 0.15) is 6.61 Å². The molecular weight excluding hydrogens is 268 g/mol.